The number of nitrogens with zero attached hydrogens (tertiary/aromatic N) is 4. The molecule has 1 aliphatic heterocycles. The van der Waals surface area contributed by atoms with E-state index in [-0.39, 0.29) is 10.7 Å². The summed E-state index contributed by atoms with van der Waals surface area (Å²) in [5, 5.41) is 0. The van der Waals surface area contributed by atoms with Crippen LogP contribution in [-0.4, -0.2) is 62.9 Å². The van der Waals surface area contributed by atoms with Crippen molar-refractivity contribution in [2.24, 2.45) is 0 Å². The number of rotatable bonds is 5. The fraction of sp³-hybridized carbons (Fsp3) is 0.389. The first-order chi connectivity index (χ1) is 12.4. The number of piperazine rings is 1. The Kier molecular flexibility index (Phi) is 5.55. The zero-order valence-corrected chi connectivity index (χ0v) is 15.8. The maximum absolute atomic E-state index is 13.0. The molecule has 0 spiro atoms. The second-order valence-corrected chi connectivity index (χ2v) is 8.48. The van der Waals surface area contributed by atoms with E-state index in [2.05, 4.69) is 9.88 Å². The van der Waals surface area contributed by atoms with E-state index >= 15 is 0 Å². The van der Waals surface area contributed by atoms with Gasteiger partial charge in [0.15, 0.2) is 0 Å². The molecule has 0 radical (unpaired) electrons. The Morgan fingerprint density at radius 2 is 1.73 bits per heavy atom. The zero-order valence-electron chi connectivity index (χ0n) is 15.0. The highest BCUT2D eigenvalue weighted by atomic mass is 32.2. The number of sulfonamides is 1. The summed E-state index contributed by atoms with van der Waals surface area (Å²) in [5.41, 5.74) is 0.949. The molecule has 2 heterocycles. The first-order valence-electron chi connectivity index (χ1n) is 8.46. The summed E-state index contributed by atoms with van der Waals surface area (Å²) < 4.78 is 39.9. The van der Waals surface area contributed by atoms with E-state index in [4.69, 9.17) is 0 Å². The van der Waals surface area contributed by atoms with Gasteiger partial charge in [-0.1, -0.05) is 12.1 Å². The summed E-state index contributed by atoms with van der Waals surface area (Å²) in [5.74, 6) is 0.389. The average Bonchev–Trinajstić information content (AvgIpc) is 2.64. The van der Waals surface area contributed by atoms with Crippen LogP contribution >= 0.6 is 0 Å². The van der Waals surface area contributed by atoms with Gasteiger partial charge in [-0.25, -0.2) is 17.8 Å². The van der Waals surface area contributed by atoms with E-state index < -0.39 is 10.0 Å². The first-order valence-corrected chi connectivity index (χ1v) is 9.90. The van der Waals surface area contributed by atoms with Gasteiger partial charge in [0, 0.05) is 46.0 Å². The predicted octanol–water partition coefficient (Wildman–Crippen LogP) is 1.79. The van der Waals surface area contributed by atoms with Gasteiger partial charge < -0.3 is 9.80 Å². The molecule has 8 heteroatoms. The van der Waals surface area contributed by atoms with Crippen LogP contribution in [0.15, 0.2) is 47.5 Å². The van der Waals surface area contributed by atoms with Crippen molar-refractivity contribution < 1.29 is 12.8 Å². The Labute approximate surface area is 153 Å². The number of benzene rings is 1. The quantitative estimate of drug-likeness (QED) is 0.794. The maximum atomic E-state index is 13.0. The van der Waals surface area contributed by atoms with Crippen LogP contribution < -0.4 is 4.90 Å². The summed E-state index contributed by atoms with van der Waals surface area (Å²) in [4.78, 5) is 8.51. The van der Waals surface area contributed by atoms with Gasteiger partial charge in [-0.2, -0.15) is 4.31 Å². The highest BCUT2D eigenvalue weighted by Gasteiger charge is 2.27. The molecule has 6 nitrogen and oxygen atoms in total. The van der Waals surface area contributed by atoms with Gasteiger partial charge in [0.1, 0.15) is 16.5 Å². The number of aromatic nitrogens is 1. The Bertz CT molecular complexity index is 832. The molecule has 1 fully saturated rings. The average molecular weight is 378 g/mol. The molecule has 26 heavy (non-hydrogen) atoms. The van der Waals surface area contributed by atoms with Crippen LogP contribution in [0.3, 0.4) is 0 Å². The van der Waals surface area contributed by atoms with Crippen LogP contribution in [0.2, 0.25) is 0 Å². The molecule has 0 aliphatic carbocycles. The maximum Gasteiger partial charge on any atom is 0.244 e. The lowest BCUT2D eigenvalue weighted by Crippen LogP contribution is -2.47. The van der Waals surface area contributed by atoms with Crippen molar-refractivity contribution in [1.29, 1.82) is 0 Å². The molecular weight excluding hydrogens is 355 g/mol. The molecule has 1 aliphatic rings. The van der Waals surface area contributed by atoms with Crippen LogP contribution in [0, 0.1) is 5.82 Å². The predicted molar refractivity (Wildman–Crippen MR) is 99.0 cm³/mol. The van der Waals surface area contributed by atoms with Crippen LogP contribution in [-0.2, 0) is 16.6 Å². The van der Waals surface area contributed by atoms with E-state index in [1.807, 2.05) is 19.0 Å². The highest BCUT2D eigenvalue weighted by Crippen LogP contribution is 2.20. The largest absolute Gasteiger partial charge is 0.355 e. The minimum atomic E-state index is -3.51. The molecule has 3 rings (SSSR count). The number of anilines is 1. The van der Waals surface area contributed by atoms with Crippen molar-refractivity contribution in [3.63, 3.8) is 0 Å². The van der Waals surface area contributed by atoms with Gasteiger partial charge in [-0.05, 0) is 36.9 Å². The number of likely N-dealkylation sites (N-methyl/N-ethyl adjacent to an activating group) is 1. The standard InChI is InChI=1S/C18H23FN4O2S/c1-21-9-11-23(12-10-21)26(24,25)17-7-8-18(20-13-17)22(2)14-15-3-5-16(19)6-4-15/h3-8,13H,9-12,14H2,1-2H3. The smallest absolute Gasteiger partial charge is 0.244 e. The number of pyridine rings is 1. The molecule has 140 valence electrons. The summed E-state index contributed by atoms with van der Waals surface area (Å²) >= 11 is 0. The van der Waals surface area contributed by atoms with Gasteiger partial charge in [-0.15, -0.1) is 0 Å². The Morgan fingerprint density at radius 1 is 1.08 bits per heavy atom. The van der Waals surface area contributed by atoms with Crippen LogP contribution in [0.4, 0.5) is 10.2 Å². The van der Waals surface area contributed by atoms with Crippen molar-refractivity contribution in [3.05, 3.63) is 54.0 Å². The third-order valence-corrected chi connectivity index (χ3v) is 6.43. The Hall–Kier alpha value is -2.03. The summed E-state index contributed by atoms with van der Waals surface area (Å²) in [6, 6.07) is 9.57. The van der Waals surface area contributed by atoms with E-state index in [0.29, 0.717) is 25.5 Å². The number of halogens is 1. The van der Waals surface area contributed by atoms with Crippen molar-refractivity contribution in [3.8, 4) is 0 Å². The molecule has 1 saturated heterocycles. The normalized spacial score (nSPS) is 16.6. The topological polar surface area (TPSA) is 56.8 Å². The molecule has 0 saturated carbocycles. The molecule has 0 unspecified atom stereocenters. The lowest BCUT2D eigenvalue weighted by molar-refractivity contribution is 0.222. The first kappa shape index (κ1) is 18.8. The fourth-order valence-electron chi connectivity index (χ4n) is 2.87. The van der Waals surface area contributed by atoms with Crippen molar-refractivity contribution in [2.45, 2.75) is 11.4 Å². The molecule has 2 aromatic rings. The zero-order chi connectivity index (χ0) is 18.7. The van der Waals surface area contributed by atoms with Gasteiger partial charge in [0.05, 0.1) is 0 Å². The third-order valence-electron chi connectivity index (χ3n) is 4.54. The second-order valence-electron chi connectivity index (χ2n) is 6.54. The van der Waals surface area contributed by atoms with Crippen LogP contribution in [0.25, 0.3) is 0 Å². The van der Waals surface area contributed by atoms with Gasteiger partial charge in [0.25, 0.3) is 0 Å². The van der Waals surface area contributed by atoms with Crippen molar-refractivity contribution >= 4 is 15.8 Å². The van der Waals surface area contributed by atoms with E-state index in [1.165, 1.54) is 22.6 Å². The third kappa shape index (κ3) is 4.20. The highest BCUT2D eigenvalue weighted by molar-refractivity contribution is 7.89. The lowest BCUT2D eigenvalue weighted by Gasteiger charge is -2.31. The SMILES string of the molecule is CN1CCN(S(=O)(=O)c2ccc(N(C)Cc3ccc(F)cc3)nc2)CC1. The van der Waals surface area contributed by atoms with Gasteiger partial charge >= 0.3 is 0 Å². The molecule has 0 amide bonds. The van der Waals surface area contributed by atoms with Crippen molar-refractivity contribution in [2.75, 3.05) is 45.2 Å². The Morgan fingerprint density at radius 3 is 2.31 bits per heavy atom. The minimum absolute atomic E-state index is 0.209. The van der Waals surface area contributed by atoms with Gasteiger partial charge in [0.2, 0.25) is 10.0 Å². The molecule has 1 aromatic carbocycles. The van der Waals surface area contributed by atoms with E-state index in [1.54, 1.807) is 24.3 Å². The summed E-state index contributed by atoms with van der Waals surface area (Å²) in [7, 11) is 0.337. The molecule has 1 aromatic heterocycles. The monoisotopic (exact) mass is 378 g/mol. The van der Waals surface area contributed by atoms with E-state index in [9.17, 15) is 12.8 Å². The number of hydrogen-bond donors (Lipinski definition) is 0. The summed E-state index contributed by atoms with van der Waals surface area (Å²) in [6.07, 6.45) is 1.41. The lowest BCUT2D eigenvalue weighted by atomic mass is 10.2. The van der Waals surface area contributed by atoms with Gasteiger partial charge in [-0.3, -0.25) is 0 Å². The minimum Gasteiger partial charge on any atom is -0.355 e. The molecule has 0 atom stereocenters. The summed E-state index contributed by atoms with van der Waals surface area (Å²) in [6.45, 7) is 2.99. The molecule has 0 N–H and O–H groups in total. The number of hydrogen-bond acceptors (Lipinski definition) is 5. The second kappa shape index (κ2) is 7.69. The van der Waals surface area contributed by atoms with Crippen LogP contribution in [0.5, 0.6) is 0 Å². The molecule has 0 bridgehead atoms. The van der Waals surface area contributed by atoms with Crippen molar-refractivity contribution in [1.82, 2.24) is 14.2 Å². The fourth-order valence-corrected chi connectivity index (χ4v) is 4.24. The molecular formula is C18H23FN4O2S. The van der Waals surface area contributed by atoms with E-state index in [0.717, 1.165) is 18.7 Å². The Balaban J connectivity index is 1.70. The van der Waals surface area contributed by atoms with Crippen LogP contribution in [0.1, 0.15) is 5.56 Å².